The average Bonchev–Trinajstić information content (AvgIpc) is 2.46. The molecule has 110 valence electrons. The Morgan fingerprint density at radius 1 is 1.43 bits per heavy atom. The van der Waals surface area contributed by atoms with Crippen LogP contribution in [0.4, 0.5) is 5.69 Å². The number of aryl methyl sites for hydroxylation is 1. The molecule has 21 heavy (non-hydrogen) atoms. The van der Waals surface area contributed by atoms with Crippen molar-refractivity contribution in [2.75, 3.05) is 16.9 Å². The molecule has 2 rings (SSSR count). The predicted octanol–water partition coefficient (Wildman–Crippen LogP) is 1.15. The first-order valence-electron chi connectivity index (χ1n) is 5.87. The van der Waals surface area contributed by atoms with Crippen LogP contribution in [-0.2, 0) is 4.79 Å². The zero-order chi connectivity index (χ0) is 15.4. The standard InChI is InChI=1S/C12H12BrN5O2S/c1-7-11(20)18(14)12(17-16-7)21-6-10(19)15-9-5-3-2-4-8(9)13/h2-5H,6,14H2,1H3,(H,15,19). The summed E-state index contributed by atoms with van der Waals surface area (Å²) in [7, 11) is 0. The van der Waals surface area contributed by atoms with Crippen LogP contribution in [0.15, 0.2) is 38.7 Å². The van der Waals surface area contributed by atoms with Crippen molar-refractivity contribution in [3.8, 4) is 0 Å². The minimum Gasteiger partial charge on any atom is -0.334 e. The molecule has 9 heteroatoms. The Labute approximate surface area is 133 Å². The Hall–Kier alpha value is -1.87. The second kappa shape index (κ2) is 6.72. The van der Waals surface area contributed by atoms with Crippen LogP contribution in [0, 0.1) is 6.92 Å². The van der Waals surface area contributed by atoms with E-state index in [9.17, 15) is 9.59 Å². The van der Waals surface area contributed by atoms with E-state index in [1.807, 2.05) is 18.2 Å². The summed E-state index contributed by atoms with van der Waals surface area (Å²) in [4.78, 5) is 23.5. The lowest BCUT2D eigenvalue weighted by Crippen LogP contribution is -2.32. The van der Waals surface area contributed by atoms with Crippen molar-refractivity contribution in [1.29, 1.82) is 0 Å². The van der Waals surface area contributed by atoms with Crippen LogP contribution >= 0.6 is 27.7 Å². The third kappa shape index (κ3) is 3.82. The molecule has 2 aromatic rings. The Morgan fingerprint density at radius 3 is 2.86 bits per heavy atom. The van der Waals surface area contributed by atoms with Gasteiger partial charge >= 0.3 is 0 Å². The number of nitrogens with two attached hydrogens (primary N) is 1. The molecule has 7 nitrogen and oxygen atoms in total. The van der Waals surface area contributed by atoms with Crippen LogP contribution < -0.4 is 16.7 Å². The topological polar surface area (TPSA) is 103 Å². The van der Waals surface area contributed by atoms with Gasteiger partial charge in [0.2, 0.25) is 11.1 Å². The van der Waals surface area contributed by atoms with Gasteiger partial charge in [0.15, 0.2) is 0 Å². The number of carbonyl (C=O) groups excluding carboxylic acids is 1. The van der Waals surface area contributed by atoms with Crippen LogP contribution in [0.1, 0.15) is 5.69 Å². The van der Waals surface area contributed by atoms with Crippen molar-refractivity contribution >= 4 is 39.3 Å². The van der Waals surface area contributed by atoms with Gasteiger partial charge in [-0.05, 0) is 35.0 Å². The number of hydrogen-bond donors (Lipinski definition) is 2. The maximum atomic E-state index is 11.9. The number of carbonyl (C=O) groups is 1. The van der Waals surface area contributed by atoms with Crippen LogP contribution in [-0.4, -0.2) is 26.5 Å². The highest BCUT2D eigenvalue weighted by atomic mass is 79.9. The molecule has 0 spiro atoms. The average molecular weight is 370 g/mol. The minimum absolute atomic E-state index is 0.0652. The summed E-state index contributed by atoms with van der Waals surface area (Å²) in [6.07, 6.45) is 0. The lowest BCUT2D eigenvalue weighted by atomic mass is 10.3. The lowest BCUT2D eigenvalue weighted by molar-refractivity contribution is -0.113. The molecule has 0 aliphatic carbocycles. The molecule has 0 bridgehead atoms. The van der Waals surface area contributed by atoms with Crippen molar-refractivity contribution in [2.24, 2.45) is 0 Å². The number of benzene rings is 1. The van der Waals surface area contributed by atoms with E-state index in [0.29, 0.717) is 5.69 Å². The smallest absolute Gasteiger partial charge is 0.294 e. The molecule has 0 saturated carbocycles. The number of nitrogen functional groups attached to an aromatic ring is 1. The van der Waals surface area contributed by atoms with Gasteiger partial charge in [-0.15, -0.1) is 10.2 Å². The van der Waals surface area contributed by atoms with E-state index in [4.69, 9.17) is 5.84 Å². The Morgan fingerprint density at radius 2 is 2.14 bits per heavy atom. The van der Waals surface area contributed by atoms with E-state index in [-0.39, 0.29) is 22.5 Å². The van der Waals surface area contributed by atoms with Gasteiger partial charge in [-0.3, -0.25) is 9.59 Å². The quantitative estimate of drug-likeness (QED) is 0.618. The number of nitrogens with zero attached hydrogens (tertiary/aromatic N) is 3. The van der Waals surface area contributed by atoms with Crippen molar-refractivity contribution in [3.05, 3.63) is 44.8 Å². The third-order valence-electron chi connectivity index (χ3n) is 2.50. The number of rotatable bonds is 4. The van der Waals surface area contributed by atoms with Crippen molar-refractivity contribution in [2.45, 2.75) is 12.1 Å². The van der Waals surface area contributed by atoms with Gasteiger partial charge in [-0.1, -0.05) is 23.9 Å². The first-order chi connectivity index (χ1) is 9.99. The molecule has 3 N–H and O–H groups in total. The van der Waals surface area contributed by atoms with E-state index >= 15 is 0 Å². The third-order valence-corrected chi connectivity index (χ3v) is 4.13. The highest BCUT2D eigenvalue weighted by Crippen LogP contribution is 2.21. The highest BCUT2D eigenvalue weighted by Gasteiger charge is 2.11. The highest BCUT2D eigenvalue weighted by molar-refractivity contribution is 9.10. The molecular weight excluding hydrogens is 358 g/mol. The molecule has 0 atom stereocenters. The number of anilines is 1. The number of hydrogen-bond acceptors (Lipinski definition) is 6. The summed E-state index contributed by atoms with van der Waals surface area (Å²) < 4.78 is 1.67. The zero-order valence-electron chi connectivity index (χ0n) is 11.0. The number of amides is 1. The first kappa shape index (κ1) is 15.5. The monoisotopic (exact) mass is 369 g/mol. The fourth-order valence-electron chi connectivity index (χ4n) is 1.45. The molecule has 0 saturated heterocycles. The van der Waals surface area contributed by atoms with Gasteiger partial charge < -0.3 is 11.2 Å². The fraction of sp³-hybridized carbons (Fsp3) is 0.167. The van der Waals surface area contributed by atoms with Crippen molar-refractivity contribution < 1.29 is 4.79 Å². The van der Waals surface area contributed by atoms with E-state index in [2.05, 4.69) is 31.4 Å². The molecule has 0 radical (unpaired) electrons. The summed E-state index contributed by atoms with van der Waals surface area (Å²) in [6, 6.07) is 7.27. The van der Waals surface area contributed by atoms with Gasteiger partial charge in [0.05, 0.1) is 11.4 Å². The van der Waals surface area contributed by atoms with Crippen molar-refractivity contribution in [1.82, 2.24) is 14.9 Å². The van der Waals surface area contributed by atoms with E-state index in [1.54, 1.807) is 6.07 Å². The molecule has 1 heterocycles. The lowest BCUT2D eigenvalue weighted by Gasteiger charge is -2.08. The molecule has 1 aromatic carbocycles. The largest absolute Gasteiger partial charge is 0.334 e. The first-order valence-corrected chi connectivity index (χ1v) is 7.65. The molecule has 0 unspecified atom stereocenters. The summed E-state index contributed by atoms with van der Waals surface area (Å²) in [6.45, 7) is 1.52. The van der Waals surface area contributed by atoms with Crippen molar-refractivity contribution in [3.63, 3.8) is 0 Å². The predicted molar refractivity (Wildman–Crippen MR) is 84.7 cm³/mol. The van der Waals surface area contributed by atoms with E-state index < -0.39 is 5.56 Å². The SMILES string of the molecule is Cc1nnc(SCC(=O)Nc2ccccc2Br)n(N)c1=O. The van der Waals surface area contributed by atoms with Crippen LogP contribution in [0.25, 0.3) is 0 Å². The second-order valence-corrected chi connectivity index (χ2v) is 5.86. The Bertz CT molecular complexity index is 734. The van der Waals surface area contributed by atoms with Crippen LogP contribution in [0.2, 0.25) is 0 Å². The number of nitrogens with one attached hydrogen (secondary N) is 1. The Kier molecular flexibility index (Phi) is 4.97. The molecule has 1 aromatic heterocycles. The summed E-state index contributed by atoms with van der Waals surface area (Å²) in [5.74, 6) is 5.42. The van der Waals surface area contributed by atoms with Gasteiger partial charge in [-0.2, -0.15) is 4.68 Å². The summed E-state index contributed by atoms with van der Waals surface area (Å²) in [5.41, 5.74) is 0.446. The summed E-state index contributed by atoms with van der Waals surface area (Å²) in [5, 5.41) is 10.4. The minimum atomic E-state index is -0.432. The van der Waals surface area contributed by atoms with Gasteiger partial charge in [0.1, 0.15) is 5.69 Å². The molecule has 0 aliphatic rings. The van der Waals surface area contributed by atoms with E-state index in [0.717, 1.165) is 20.9 Å². The molecule has 1 amide bonds. The van der Waals surface area contributed by atoms with E-state index in [1.165, 1.54) is 6.92 Å². The maximum Gasteiger partial charge on any atom is 0.294 e. The zero-order valence-corrected chi connectivity index (χ0v) is 13.4. The molecule has 0 aliphatic heterocycles. The molecular formula is C12H12BrN5O2S. The summed E-state index contributed by atoms with van der Waals surface area (Å²) >= 11 is 4.38. The maximum absolute atomic E-state index is 11.9. The van der Waals surface area contributed by atoms with Gasteiger partial charge in [0, 0.05) is 4.47 Å². The fourth-order valence-corrected chi connectivity index (χ4v) is 2.48. The Balaban J connectivity index is 2.01. The number of thioether (sulfide) groups is 1. The number of aromatic nitrogens is 3. The second-order valence-electron chi connectivity index (χ2n) is 4.06. The van der Waals surface area contributed by atoms with Crippen LogP contribution in [0.3, 0.4) is 0 Å². The van der Waals surface area contributed by atoms with Gasteiger partial charge in [0.25, 0.3) is 5.56 Å². The number of para-hydroxylation sites is 1. The van der Waals surface area contributed by atoms with Gasteiger partial charge in [-0.25, -0.2) is 0 Å². The normalized spacial score (nSPS) is 10.4. The molecule has 0 fully saturated rings. The number of halogens is 1. The van der Waals surface area contributed by atoms with Crippen LogP contribution in [0.5, 0.6) is 0 Å².